The molecule has 2 amide bonds. The average molecular weight is 351 g/mol. The van der Waals surface area contributed by atoms with Crippen LogP contribution in [0.5, 0.6) is 5.88 Å². The molecule has 0 atom stereocenters. The van der Waals surface area contributed by atoms with Gasteiger partial charge in [0, 0.05) is 30.1 Å². The lowest BCUT2D eigenvalue weighted by molar-refractivity contribution is 0.0950. The third-order valence-electron chi connectivity index (χ3n) is 3.61. The fourth-order valence-corrected chi connectivity index (χ4v) is 2.26. The van der Waals surface area contributed by atoms with E-state index in [2.05, 4.69) is 15.6 Å². The Bertz CT molecular complexity index is 889. The summed E-state index contributed by atoms with van der Waals surface area (Å²) in [5.41, 5.74) is 1.94. The van der Waals surface area contributed by atoms with Crippen molar-refractivity contribution < 1.29 is 18.7 Å². The summed E-state index contributed by atoms with van der Waals surface area (Å²) in [5, 5.41) is 5.52. The van der Waals surface area contributed by atoms with E-state index >= 15 is 0 Å². The number of ether oxygens (including phenoxy) is 1. The second-order valence-electron chi connectivity index (χ2n) is 5.40. The van der Waals surface area contributed by atoms with Gasteiger partial charge < -0.3 is 19.8 Å². The predicted molar refractivity (Wildman–Crippen MR) is 95.1 cm³/mol. The van der Waals surface area contributed by atoms with Crippen molar-refractivity contribution in [3.05, 3.63) is 77.9 Å². The topological polar surface area (TPSA) is 93.5 Å². The van der Waals surface area contributed by atoms with Crippen molar-refractivity contribution in [1.82, 2.24) is 10.3 Å². The number of rotatable bonds is 6. The van der Waals surface area contributed by atoms with Crippen LogP contribution in [0.3, 0.4) is 0 Å². The summed E-state index contributed by atoms with van der Waals surface area (Å²) >= 11 is 0. The molecule has 0 radical (unpaired) electrons. The first-order chi connectivity index (χ1) is 12.7. The molecule has 3 aromatic rings. The Morgan fingerprint density at radius 3 is 2.62 bits per heavy atom. The van der Waals surface area contributed by atoms with Gasteiger partial charge >= 0.3 is 0 Å². The summed E-state index contributed by atoms with van der Waals surface area (Å²) in [7, 11) is 1.54. The quantitative estimate of drug-likeness (QED) is 0.712. The smallest absolute Gasteiger partial charge is 0.291 e. The first kappa shape index (κ1) is 17.2. The van der Waals surface area contributed by atoms with Crippen LogP contribution in [0, 0.1) is 0 Å². The summed E-state index contributed by atoms with van der Waals surface area (Å²) in [6.45, 7) is 0.356. The number of furan rings is 1. The van der Waals surface area contributed by atoms with E-state index in [1.54, 1.807) is 54.7 Å². The maximum Gasteiger partial charge on any atom is 0.291 e. The molecular formula is C19H17N3O4. The first-order valence-corrected chi connectivity index (χ1v) is 7.88. The normalized spacial score (nSPS) is 10.2. The number of carbonyl (C=O) groups is 2. The number of amides is 2. The molecular weight excluding hydrogens is 334 g/mol. The third kappa shape index (κ3) is 4.27. The van der Waals surface area contributed by atoms with E-state index in [-0.39, 0.29) is 17.6 Å². The highest BCUT2D eigenvalue weighted by Gasteiger charge is 2.10. The van der Waals surface area contributed by atoms with Crippen molar-refractivity contribution in [2.45, 2.75) is 6.54 Å². The van der Waals surface area contributed by atoms with E-state index in [1.165, 1.54) is 13.4 Å². The molecule has 0 saturated heterocycles. The Balaban J connectivity index is 1.57. The Hall–Kier alpha value is -3.61. The van der Waals surface area contributed by atoms with Gasteiger partial charge in [0.25, 0.3) is 11.8 Å². The SMILES string of the molecule is COc1cc(CNC(=O)c2ccc(NC(=O)c3ccco3)cc2)ccn1. The van der Waals surface area contributed by atoms with Crippen molar-refractivity contribution in [2.75, 3.05) is 12.4 Å². The number of carbonyl (C=O) groups excluding carboxylic acids is 2. The molecule has 0 saturated carbocycles. The van der Waals surface area contributed by atoms with Gasteiger partial charge in [-0.2, -0.15) is 0 Å². The van der Waals surface area contributed by atoms with Gasteiger partial charge in [-0.3, -0.25) is 9.59 Å². The highest BCUT2D eigenvalue weighted by Crippen LogP contribution is 2.13. The number of nitrogens with zero attached hydrogens (tertiary/aromatic N) is 1. The van der Waals surface area contributed by atoms with E-state index < -0.39 is 0 Å². The molecule has 0 fully saturated rings. The molecule has 0 aliphatic heterocycles. The van der Waals surface area contributed by atoms with Crippen LogP contribution in [0.2, 0.25) is 0 Å². The van der Waals surface area contributed by atoms with Crippen LogP contribution in [-0.4, -0.2) is 23.9 Å². The Kier molecular flexibility index (Phi) is 5.28. The first-order valence-electron chi connectivity index (χ1n) is 7.88. The minimum absolute atomic E-state index is 0.218. The van der Waals surface area contributed by atoms with Gasteiger partial charge in [-0.15, -0.1) is 0 Å². The van der Waals surface area contributed by atoms with Crippen molar-refractivity contribution in [2.24, 2.45) is 0 Å². The monoisotopic (exact) mass is 351 g/mol. The molecule has 1 aromatic carbocycles. The Labute approximate surface area is 150 Å². The van der Waals surface area contributed by atoms with Crippen LogP contribution in [0.15, 0.2) is 65.4 Å². The molecule has 26 heavy (non-hydrogen) atoms. The van der Waals surface area contributed by atoms with E-state index in [1.807, 2.05) is 0 Å². The van der Waals surface area contributed by atoms with Crippen molar-refractivity contribution in [3.63, 3.8) is 0 Å². The van der Waals surface area contributed by atoms with Crippen LogP contribution in [0.25, 0.3) is 0 Å². The van der Waals surface area contributed by atoms with E-state index in [0.717, 1.165) is 5.56 Å². The zero-order chi connectivity index (χ0) is 18.4. The van der Waals surface area contributed by atoms with Crippen LogP contribution < -0.4 is 15.4 Å². The summed E-state index contributed by atoms with van der Waals surface area (Å²) in [4.78, 5) is 28.2. The lowest BCUT2D eigenvalue weighted by atomic mass is 10.2. The largest absolute Gasteiger partial charge is 0.481 e. The van der Waals surface area contributed by atoms with Crippen LogP contribution in [0.4, 0.5) is 5.69 Å². The molecule has 3 rings (SSSR count). The summed E-state index contributed by atoms with van der Waals surface area (Å²) < 4.78 is 10.1. The highest BCUT2D eigenvalue weighted by molar-refractivity contribution is 6.02. The molecule has 0 unspecified atom stereocenters. The summed E-state index contributed by atoms with van der Waals surface area (Å²) in [6.07, 6.45) is 3.05. The van der Waals surface area contributed by atoms with Gasteiger partial charge in [-0.1, -0.05) is 0 Å². The maximum atomic E-state index is 12.2. The number of methoxy groups -OCH3 is 1. The third-order valence-corrected chi connectivity index (χ3v) is 3.61. The molecule has 2 aromatic heterocycles. The van der Waals surface area contributed by atoms with Gasteiger partial charge in [0.05, 0.1) is 13.4 Å². The summed E-state index contributed by atoms with van der Waals surface area (Å²) in [5.74, 6) is 0.150. The minimum atomic E-state index is -0.348. The fraction of sp³-hybridized carbons (Fsp3) is 0.105. The number of benzene rings is 1. The average Bonchev–Trinajstić information content (AvgIpc) is 3.22. The number of aromatic nitrogens is 1. The van der Waals surface area contributed by atoms with Gasteiger partial charge in [0.15, 0.2) is 5.76 Å². The molecule has 0 spiro atoms. The lowest BCUT2D eigenvalue weighted by Crippen LogP contribution is -2.22. The number of hydrogen-bond donors (Lipinski definition) is 2. The number of hydrogen-bond acceptors (Lipinski definition) is 5. The second kappa shape index (κ2) is 7.98. The minimum Gasteiger partial charge on any atom is -0.481 e. The molecule has 0 aliphatic carbocycles. The fourth-order valence-electron chi connectivity index (χ4n) is 2.26. The van der Waals surface area contributed by atoms with Crippen molar-refractivity contribution in [3.8, 4) is 5.88 Å². The number of pyridine rings is 1. The van der Waals surface area contributed by atoms with Crippen LogP contribution in [0.1, 0.15) is 26.5 Å². The molecule has 132 valence electrons. The van der Waals surface area contributed by atoms with E-state index in [0.29, 0.717) is 23.7 Å². The zero-order valence-electron chi connectivity index (χ0n) is 14.1. The van der Waals surface area contributed by atoms with Gasteiger partial charge in [0.1, 0.15) is 0 Å². The lowest BCUT2D eigenvalue weighted by Gasteiger charge is -2.08. The van der Waals surface area contributed by atoms with Crippen LogP contribution in [-0.2, 0) is 6.54 Å². The predicted octanol–water partition coefficient (Wildman–Crippen LogP) is 2.87. The van der Waals surface area contributed by atoms with Gasteiger partial charge in [0.2, 0.25) is 5.88 Å². The molecule has 7 heteroatoms. The zero-order valence-corrected chi connectivity index (χ0v) is 14.1. The Morgan fingerprint density at radius 1 is 1.12 bits per heavy atom. The molecule has 7 nitrogen and oxygen atoms in total. The van der Waals surface area contributed by atoms with Crippen LogP contribution >= 0.6 is 0 Å². The van der Waals surface area contributed by atoms with E-state index in [9.17, 15) is 9.59 Å². The van der Waals surface area contributed by atoms with Gasteiger partial charge in [-0.25, -0.2) is 4.98 Å². The number of anilines is 1. The molecule has 2 heterocycles. The molecule has 0 aliphatic rings. The van der Waals surface area contributed by atoms with Crippen molar-refractivity contribution in [1.29, 1.82) is 0 Å². The molecule has 0 bridgehead atoms. The highest BCUT2D eigenvalue weighted by atomic mass is 16.5. The van der Waals surface area contributed by atoms with Gasteiger partial charge in [-0.05, 0) is 48.0 Å². The van der Waals surface area contributed by atoms with Crippen molar-refractivity contribution >= 4 is 17.5 Å². The number of nitrogens with one attached hydrogen (secondary N) is 2. The maximum absolute atomic E-state index is 12.2. The van der Waals surface area contributed by atoms with E-state index in [4.69, 9.17) is 9.15 Å². The Morgan fingerprint density at radius 2 is 1.92 bits per heavy atom. The molecule has 2 N–H and O–H groups in total. The summed E-state index contributed by atoms with van der Waals surface area (Å²) in [6, 6.07) is 13.4. The standard InChI is InChI=1S/C19H17N3O4/c1-25-17-11-13(8-9-20-17)12-21-18(23)14-4-6-15(7-5-14)22-19(24)16-3-2-10-26-16/h2-11H,12H2,1H3,(H,21,23)(H,22,24). The second-order valence-corrected chi connectivity index (χ2v) is 5.40.